The Morgan fingerprint density at radius 2 is 2.27 bits per heavy atom. The van der Waals surface area contributed by atoms with Crippen molar-refractivity contribution in [2.75, 3.05) is 0 Å². The van der Waals surface area contributed by atoms with Crippen molar-refractivity contribution >= 4 is 56.0 Å². The van der Waals surface area contributed by atoms with Gasteiger partial charge in [-0.1, -0.05) is 11.6 Å². The third kappa shape index (κ3) is 2.91. The summed E-state index contributed by atoms with van der Waals surface area (Å²) in [6.45, 7) is 0. The minimum absolute atomic E-state index is 0.135. The van der Waals surface area contributed by atoms with Crippen LogP contribution in [0.1, 0.15) is 15.2 Å². The molecule has 5 heteroatoms. The Hall–Kier alpha value is -0.160. The average Bonchev–Trinajstić information content (AvgIpc) is 2.75. The summed E-state index contributed by atoms with van der Waals surface area (Å²) in [7, 11) is 0. The first kappa shape index (κ1) is 11.3. The number of hydrogen-bond donors (Lipinski definition) is 0. The Labute approximate surface area is 109 Å². The van der Waals surface area contributed by atoms with E-state index < -0.39 is 0 Å². The van der Waals surface area contributed by atoms with Crippen LogP contribution in [0, 0.1) is 0 Å². The van der Waals surface area contributed by atoms with Gasteiger partial charge in [-0.3, -0.25) is 4.79 Å². The van der Waals surface area contributed by atoms with E-state index in [-0.39, 0.29) is 5.78 Å². The van der Waals surface area contributed by atoms with Gasteiger partial charge in [0.25, 0.3) is 0 Å². The maximum absolute atomic E-state index is 11.8. The van der Waals surface area contributed by atoms with Crippen LogP contribution in [-0.2, 0) is 6.42 Å². The van der Waals surface area contributed by atoms with Crippen LogP contribution >= 0.6 is 50.2 Å². The predicted octanol–water partition coefficient (Wildman–Crippen LogP) is 4.65. The topological polar surface area (TPSA) is 17.1 Å². The second-order valence-corrected chi connectivity index (χ2v) is 7.04. The van der Waals surface area contributed by atoms with Crippen LogP contribution in [-0.4, -0.2) is 5.78 Å². The number of Topliss-reactive ketones (excluding diaryl/α,β-unsaturated/α-hetero) is 1. The Kier molecular flexibility index (Phi) is 3.61. The largest absolute Gasteiger partial charge is 0.294 e. The minimum atomic E-state index is 0.135. The first-order chi connectivity index (χ1) is 7.15. The zero-order valence-electron chi connectivity index (χ0n) is 7.50. The van der Waals surface area contributed by atoms with E-state index >= 15 is 0 Å². The molecule has 1 nitrogen and oxygen atoms in total. The molecule has 0 saturated heterocycles. The van der Waals surface area contributed by atoms with Gasteiger partial charge >= 0.3 is 0 Å². The fraction of sp³-hybridized carbons (Fsp3) is 0.100. The SMILES string of the molecule is O=C(Cc1ccc(Cl)s1)c1csc(Br)c1. The Morgan fingerprint density at radius 1 is 1.47 bits per heavy atom. The maximum atomic E-state index is 11.8. The van der Waals surface area contributed by atoms with E-state index in [1.165, 1.54) is 22.7 Å². The van der Waals surface area contributed by atoms with Gasteiger partial charge < -0.3 is 0 Å². The highest BCUT2D eigenvalue weighted by molar-refractivity contribution is 9.11. The van der Waals surface area contributed by atoms with Crippen molar-refractivity contribution in [2.24, 2.45) is 0 Å². The average molecular weight is 322 g/mol. The van der Waals surface area contributed by atoms with Gasteiger partial charge in [-0.05, 0) is 34.1 Å². The number of hydrogen-bond acceptors (Lipinski definition) is 3. The third-order valence-electron chi connectivity index (χ3n) is 1.85. The molecule has 78 valence electrons. The monoisotopic (exact) mass is 320 g/mol. The van der Waals surface area contributed by atoms with E-state index in [9.17, 15) is 4.79 Å². The number of carbonyl (C=O) groups excluding carboxylic acids is 1. The number of rotatable bonds is 3. The Morgan fingerprint density at radius 3 is 2.80 bits per heavy atom. The second-order valence-electron chi connectivity index (χ2n) is 2.95. The van der Waals surface area contributed by atoms with Crippen molar-refractivity contribution < 1.29 is 4.79 Å². The van der Waals surface area contributed by atoms with E-state index in [1.807, 2.05) is 23.6 Å². The van der Waals surface area contributed by atoms with Crippen LogP contribution < -0.4 is 0 Å². The molecule has 2 aromatic rings. The highest BCUT2D eigenvalue weighted by atomic mass is 79.9. The van der Waals surface area contributed by atoms with Crippen LogP contribution in [0.5, 0.6) is 0 Å². The highest BCUT2D eigenvalue weighted by Gasteiger charge is 2.10. The first-order valence-electron chi connectivity index (χ1n) is 4.16. The van der Waals surface area contributed by atoms with Crippen LogP contribution in [0.2, 0.25) is 4.34 Å². The van der Waals surface area contributed by atoms with Gasteiger partial charge in [0.2, 0.25) is 0 Å². The number of thiophene rings is 2. The lowest BCUT2D eigenvalue weighted by atomic mass is 10.1. The van der Waals surface area contributed by atoms with Gasteiger partial charge in [-0.2, -0.15) is 0 Å². The lowest BCUT2D eigenvalue weighted by Crippen LogP contribution is -1.99. The molecule has 0 amide bonds. The molecular formula is C10H6BrClOS2. The molecule has 2 rings (SSSR count). The summed E-state index contributed by atoms with van der Waals surface area (Å²) in [6.07, 6.45) is 0.431. The highest BCUT2D eigenvalue weighted by Crippen LogP contribution is 2.25. The smallest absolute Gasteiger partial charge is 0.168 e. The van der Waals surface area contributed by atoms with Gasteiger partial charge in [0.05, 0.1) is 8.12 Å². The lowest BCUT2D eigenvalue weighted by molar-refractivity contribution is 0.0994. The molecule has 0 atom stereocenters. The molecule has 0 aliphatic rings. The van der Waals surface area contributed by atoms with Crippen LogP contribution in [0.3, 0.4) is 0 Å². The number of carbonyl (C=O) groups is 1. The van der Waals surface area contributed by atoms with Crippen molar-refractivity contribution in [1.82, 2.24) is 0 Å². The standard InChI is InChI=1S/C10H6BrClOS2/c11-9-3-6(5-14-9)8(13)4-7-1-2-10(12)15-7/h1-3,5H,4H2. The molecule has 15 heavy (non-hydrogen) atoms. The fourth-order valence-electron chi connectivity index (χ4n) is 1.16. The summed E-state index contributed by atoms with van der Waals surface area (Å²) in [5.41, 5.74) is 0.761. The molecule has 0 aromatic carbocycles. The Balaban J connectivity index is 2.10. The first-order valence-corrected chi connectivity index (χ1v) is 7.03. The molecule has 0 unspecified atom stereocenters. The van der Waals surface area contributed by atoms with Crippen molar-refractivity contribution in [2.45, 2.75) is 6.42 Å². The van der Waals surface area contributed by atoms with Crippen LogP contribution in [0.4, 0.5) is 0 Å². The van der Waals surface area contributed by atoms with E-state index in [0.717, 1.165) is 18.6 Å². The number of halogens is 2. The van der Waals surface area contributed by atoms with E-state index in [1.54, 1.807) is 0 Å². The summed E-state index contributed by atoms with van der Waals surface area (Å²) < 4.78 is 1.71. The fourth-order valence-corrected chi connectivity index (χ4v) is 3.41. The summed E-state index contributed by atoms with van der Waals surface area (Å²) in [5, 5.41) is 1.86. The zero-order valence-corrected chi connectivity index (χ0v) is 11.5. The minimum Gasteiger partial charge on any atom is -0.294 e. The molecule has 0 aliphatic heterocycles. The van der Waals surface area contributed by atoms with Crippen LogP contribution in [0.15, 0.2) is 27.4 Å². The van der Waals surface area contributed by atoms with Crippen molar-refractivity contribution in [3.8, 4) is 0 Å². The third-order valence-corrected chi connectivity index (χ3v) is 4.59. The van der Waals surface area contributed by atoms with Crippen molar-refractivity contribution in [3.05, 3.63) is 42.1 Å². The molecule has 0 spiro atoms. The van der Waals surface area contributed by atoms with Gasteiger partial charge in [0, 0.05) is 22.2 Å². The Bertz CT molecular complexity index is 489. The molecule has 0 radical (unpaired) electrons. The molecule has 0 fully saturated rings. The summed E-state index contributed by atoms with van der Waals surface area (Å²) in [4.78, 5) is 12.8. The van der Waals surface area contributed by atoms with Gasteiger partial charge in [-0.15, -0.1) is 22.7 Å². The van der Waals surface area contributed by atoms with Crippen molar-refractivity contribution in [1.29, 1.82) is 0 Å². The quantitative estimate of drug-likeness (QED) is 0.752. The normalized spacial score (nSPS) is 10.5. The predicted molar refractivity (Wildman–Crippen MR) is 69.4 cm³/mol. The maximum Gasteiger partial charge on any atom is 0.168 e. The molecule has 0 N–H and O–H groups in total. The van der Waals surface area contributed by atoms with Crippen molar-refractivity contribution in [3.63, 3.8) is 0 Å². The molecule has 0 saturated carbocycles. The number of ketones is 1. The zero-order chi connectivity index (χ0) is 10.8. The second kappa shape index (κ2) is 4.78. The summed E-state index contributed by atoms with van der Waals surface area (Å²) >= 11 is 12.1. The van der Waals surface area contributed by atoms with Gasteiger partial charge in [0.15, 0.2) is 5.78 Å². The van der Waals surface area contributed by atoms with E-state index in [2.05, 4.69) is 15.9 Å². The van der Waals surface area contributed by atoms with Gasteiger partial charge in [-0.25, -0.2) is 0 Å². The molecule has 0 aliphatic carbocycles. The summed E-state index contributed by atoms with van der Waals surface area (Å²) in [6, 6.07) is 5.56. The molecule has 0 bridgehead atoms. The lowest BCUT2D eigenvalue weighted by Gasteiger charge is -1.93. The van der Waals surface area contributed by atoms with E-state index in [4.69, 9.17) is 11.6 Å². The molecular weight excluding hydrogens is 316 g/mol. The summed E-state index contributed by atoms with van der Waals surface area (Å²) in [5.74, 6) is 0.135. The van der Waals surface area contributed by atoms with Crippen LogP contribution in [0.25, 0.3) is 0 Å². The van der Waals surface area contributed by atoms with Gasteiger partial charge in [0.1, 0.15) is 0 Å². The molecule has 2 aromatic heterocycles. The van der Waals surface area contributed by atoms with E-state index in [0.29, 0.717) is 6.42 Å². The molecule has 2 heterocycles.